The summed E-state index contributed by atoms with van der Waals surface area (Å²) in [6, 6.07) is 5.47. The number of hydrogen-bond acceptors (Lipinski definition) is 4. The van der Waals surface area contributed by atoms with Crippen molar-refractivity contribution in [2.24, 2.45) is 0 Å². The highest BCUT2D eigenvalue weighted by molar-refractivity contribution is 7.13. The number of halogens is 1. The zero-order valence-electron chi connectivity index (χ0n) is 13.8. The molecule has 1 N–H and O–H groups in total. The lowest BCUT2D eigenvalue weighted by Gasteiger charge is -2.24. The van der Waals surface area contributed by atoms with Gasteiger partial charge in [0, 0.05) is 37.1 Å². The summed E-state index contributed by atoms with van der Waals surface area (Å²) in [4.78, 5) is 18.7. The smallest absolute Gasteiger partial charge is 0.220 e. The molecule has 0 saturated carbocycles. The molecule has 0 radical (unpaired) electrons. The van der Waals surface area contributed by atoms with Gasteiger partial charge in [-0.3, -0.25) is 4.79 Å². The minimum absolute atomic E-state index is 0.0157. The van der Waals surface area contributed by atoms with Gasteiger partial charge in [-0.25, -0.2) is 9.37 Å². The van der Waals surface area contributed by atoms with E-state index >= 15 is 0 Å². The molecule has 2 aromatic rings. The first-order valence-corrected chi connectivity index (χ1v) is 9.19. The minimum Gasteiger partial charge on any atom is -0.354 e. The van der Waals surface area contributed by atoms with Gasteiger partial charge in [0.15, 0.2) is 5.13 Å². The van der Waals surface area contributed by atoms with Gasteiger partial charge >= 0.3 is 0 Å². The molecule has 1 aliphatic rings. The third kappa shape index (κ3) is 4.12. The summed E-state index contributed by atoms with van der Waals surface area (Å²) < 4.78 is 13.5. The second-order valence-electron chi connectivity index (χ2n) is 6.19. The number of amides is 1. The van der Waals surface area contributed by atoms with E-state index in [9.17, 15) is 9.18 Å². The number of nitrogens with zero attached hydrogens (tertiary/aromatic N) is 2. The number of anilines is 1. The van der Waals surface area contributed by atoms with Crippen LogP contribution in [0.4, 0.5) is 9.52 Å². The van der Waals surface area contributed by atoms with E-state index in [1.54, 1.807) is 24.3 Å². The lowest BCUT2D eigenvalue weighted by molar-refractivity contribution is -0.121. The molecule has 1 saturated heterocycles. The molecule has 1 fully saturated rings. The number of rotatable bonds is 6. The molecule has 1 aromatic carbocycles. The van der Waals surface area contributed by atoms with Crippen LogP contribution in [-0.4, -0.2) is 30.0 Å². The van der Waals surface area contributed by atoms with E-state index < -0.39 is 0 Å². The maximum absolute atomic E-state index is 13.5. The minimum atomic E-state index is -0.210. The van der Waals surface area contributed by atoms with Crippen LogP contribution < -0.4 is 10.2 Å². The average Bonchev–Trinajstić information content (AvgIpc) is 3.24. The molecule has 1 aliphatic heterocycles. The summed E-state index contributed by atoms with van der Waals surface area (Å²) >= 11 is 1.63. The Kier molecular flexibility index (Phi) is 5.45. The van der Waals surface area contributed by atoms with Crippen LogP contribution >= 0.6 is 11.3 Å². The van der Waals surface area contributed by atoms with E-state index in [4.69, 9.17) is 0 Å². The van der Waals surface area contributed by atoms with Crippen molar-refractivity contribution in [2.75, 3.05) is 18.0 Å². The first-order chi connectivity index (χ1) is 11.6. The van der Waals surface area contributed by atoms with Crippen LogP contribution in [0, 0.1) is 12.7 Å². The Hall–Kier alpha value is -1.95. The number of nitrogens with one attached hydrogen (secondary N) is 1. The molecule has 24 heavy (non-hydrogen) atoms. The molecule has 0 spiro atoms. The van der Waals surface area contributed by atoms with Crippen LogP contribution in [0.1, 0.15) is 30.4 Å². The quantitative estimate of drug-likeness (QED) is 0.872. The highest BCUT2D eigenvalue weighted by Crippen LogP contribution is 2.26. The number of hydrogen-bond donors (Lipinski definition) is 1. The summed E-state index contributed by atoms with van der Waals surface area (Å²) in [5.41, 5.74) is 1.49. The molecule has 2 heterocycles. The van der Waals surface area contributed by atoms with Crippen LogP contribution in [0.25, 0.3) is 0 Å². The van der Waals surface area contributed by atoms with Crippen LogP contribution in [-0.2, 0) is 11.2 Å². The molecule has 6 heteroatoms. The summed E-state index contributed by atoms with van der Waals surface area (Å²) in [6.07, 6.45) is 4.96. The van der Waals surface area contributed by atoms with E-state index in [1.165, 1.54) is 6.07 Å². The van der Waals surface area contributed by atoms with Gasteiger partial charge in [0.1, 0.15) is 5.82 Å². The fourth-order valence-corrected chi connectivity index (χ4v) is 3.77. The Morgan fingerprint density at radius 1 is 1.50 bits per heavy atom. The second kappa shape index (κ2) is 7.75. The number of carbonyl (C=O) groups is 1. The van der Waals surface area contributed by atoms with E-state index in [1.807, 2.05) is 17.6 Å². The summed E-state index contributed by atoms with van der Waals surface area (Å²) in [7, 11) is 0. The number of thiazole rings is 1. The molecular formula is C18H22FN3OS. The van der Waals surface area contributed by atoms with Crippen molar-refractivity contribution in [1.82, 2.24) is 10.3 Å². The number of aromatic nitrogens is 1. The van der Waals surface area contributed by atoms with Crippen LogP contribution in [0.5, 0.6) is 0 Å². The summed E-state index contributed by atoms with van der Waals surface area (Å²) in [6.45, 7) is 3.37. The van der Waals surface area contributed by atoms with Crippen LogP contribution in [0.15, 0.2) is 29.8 Å². The highest BCUT2D eigenvalue weighted by atomic mass is 32.1. The Labute approximate surface area is 145 Å². The van der Waals surface area contributed by atoms with Gasteiger partial charge in [0.05, 0.1) is 0 Å². The number of aryl methyl sites for hydroxylation is 2. The molecule has 3 rings (SSSR count). The topological polar surface area (TPSA) is 45.2 Å². The first-order valence-electron chi connectivity index (χ1n) is 8.31. The van der Waals surface area contributed by atoms with Crippen molar-refractivity contribution < 1.29 is 9.18 Å². The zero-order chi connectivity index (χ0) is 16.9. The first kappa shape index (κ1) is 16.9. The molecule has 1 aromatic heterocycles. The van der Waals surface area contributed by atoms with Crippen molar-refractivity contribution in [3.8, 4) is 0 Å². The van der Waals surface area contributed by atoms with Crippen molar-refractivity contribution >= 4 is 22.4 Å². The van der Waals surface area contributed by atoms with Gasteiger partial charge in [-0.05, 0) is 43.4 Å². The predicted octanol–water partition coefficient (Wildman–Crippen LogP) is 3.31. The summed E-state index contributed by atoms with van der Waals surface area (Å²) in [5, 5.41) is 6.02. The van der Waals surface area contributed by atoms with E-state index in [-0.39, 0.29) is 11.7 Å². The standard InChI is InChI=1S/C18H22FN3OS/c1-13-4-5-14(11-16(13)19)6-7-17(23)21-12-15-3-2-9-22(15)18-20-8-10-24-18/h4-5,8,10-11,15H,2-3,6-7,9,12H2,1H3,(H,21,23). The Morgan fingerprint density at radius 3 is 3.12 bits per heavy atom. The maximum atomic E-state index is 13.5. The molecule has 128 valence electrons. The van der Waals surface area contributed by atoms with Crippen molar-refractivity contribution in [2.45, 2.75) is 38.6 Å². The van der Waals surface area contributed by atoms with E-state index in [0.717, 1.165) is 30.1 Å². The molecule has 1 atom stereocenters. The van der Waals surface area contributed by atoms with E-state index in [2.05, 4.69) is 15.2 Å². The third-order valence-corrected chi connectivity index (χ3v) is 5.26. The molecule has 1 unspecified atom stereocenters. The van der Waals surface area contributed by atoms with Gasteiger partial charge in [-0.15, -0.1) is 11.3 Å². The largest absolute Gasteiger partial charge is 0.354 e. The van der Waals surface area contributed by atoms with Crippen molar-refractivity contribution in [1.29, 1.82) is 0 Å². The zero-order valence-corrected chi connectivity index (χ0v) is 14.6. The molecular weight excluding hydrogens is 325 g/mol. The van der Waals surface area contributed by atoms with Gasteiger partial charge in [-0.1, -0.05) is 12.1 Å². The Balaban J connectivity index is 1.46. The second-order valence-corrected chi connectivity index (χ2v) is 7.06. The summed E-state index contributed by atoms with van der Waals surface area (Å²) in [5.74, 6) is -0.195. The average molecular weight is 347 g/mol. The SMILES string of the molecule is Cc1ccc(CCC(=O)NCC2CCCN2c2nccs2)cc1F. The van der Waals surface area contributed by atoms with Gasteiger partial charge in [0.25, 0.3) is 0 Å². The van der Waals surface area contributed by atoms with Gasteiger partial charge < -0.3 is 10.2 Å². The van der Waals surface area contributed by atoms with Crippen molar-refractivity contribution in [3.05, 3.63) is 46.7 Å². The normalized spacial score (nSPS) is 17.2. The van der Waals surface area contributed by atoms with Crippen LogP contribution in [0.3, 0.4) is 0 Å². The molecule has 4 nitrogen and oxygen atoms in total. The third-order valence-electron chi connectivity index (χ3n) is 4.45. The molecule has 0 bridgehead atoms. The maximum Gasteiger partial charge on any atom is 0.220 e. The number of carbonyl (C=O) groups excluding carboxylic acids is 1. The van der Waals surface area contributed by atoms with Gasteiger partial charge in [0.2, 0.25) is 5.91 Å². The molecule has 1 amide bonds. The Bertz CT molecular complexity index is 690. The van der Waals surface area contributed by atoms with E-state index in [0.29, 0.717) is 31.0 Å². The van der Waals surface area contributed by atoms with Crippen molar-refractivity contribution in [3.63, 3.8) is 0 Å². The highest BCUT2D eigenvalue weighted by Gasteiger charge is 2.26. The Morgan fingerprint density at radius 2 is 2.38 bits per heavy atom. The monoisotopic (exact) mass is 347 g/mol. The number of benzene rings is 1. The lowest BCUT2D eigenvalue weighted by Crippen LogP contribution is -2.40. The predicted molar refractivity (Wildman–Crippen MR) is 94.9 cm³/mol. The molecule has 0 aliphatic carbocycles. The fraction of sp³-hybridized carbons (Fsp3) is 0.444. The lowest BCUT2D eigenvalue weighted by atomic mass is 10.1. The van der Waals surface area contributed by atoms with Gasteiger partial charge in [-0.2, -0.15) is 0 Å². The fourth-order valence-electron chi connectivity index (χ4n) is 3.03. The van der Waals surface area contributed by atoms with Crippen LogP contribution in [0.2, 0.25) is 0 Å².